The van der Waals surface area contributed by atoms with Crippen LogP contribution in [0.4, 0.5) is 5.82 Å². The first-order valence-corrected chi connectivity index (χ1v) is 6.50. The van der Waals surface area contributed by atoms with Crippen molar-refractivity contribution in [1.82, 2.24) is 4.98 Å². The summed E-state index contributed by atoms with van der Waals surface area (Å²) in [5, 5.41) is 0. The van der Waals surface area contributed by atoms with Gasteiger partial charge in [0, 0.05) is 19.3 Å². The van der Waals surface area contributed by atoms with Crippen LogP contribution in [0.25, 0.3) is 0 Å². The van der Waals surface area contributed by atoms with E-state index in [2.05, 4.69) is 30.7 Å². The third kappa shape index (κ3) is 3.66. The largest absolute Gasteiger partial charge is 0.389 e. The Hall–Kier alpha value is -1.16. The van der Waals surface area contributed by atoms with Gasteiger partial charge in [-0.3, -0.25) is 0 Å². The molecule has 1 unspecified atom stereocenters. The zero-order chi connectivity index (χ0) is 12.8. The maximum Gasteiger partial charge on any atom is 0.138 e. The van der Waals surface area contributed by atoms with E-state index in [1.165, 1.54) is 0 Å². The predicted molar refractivity (Wildman–Crippen MR) is 77.5 cm³/mol. The number of hydrogen-bond donors (Lipinski definition) is 1. The highest BCUT2D eigenvalue weighted by Crippen LogP contribution is 2.18. The van der Waals surface area contributed by atoms with Gasteiger partial charge in [0.05, 0.1) is 5.56 Å². The fourth-order valence-corrected chi connectivity index (χ4v) is 1.87. The molecular formula is C13H21N3S. The van der Waals surface area contributed by atoms with E-state index < -0.39 is 0 Å². The fraction of sp³-hybridized carbons (Fsp3) is 0.538. The standard InChI is InChI=1S/C13H21N3S/c1-4-10(3)9-16(5-2)13-11(12(14)17)7-6-8-15-13/h6-8,10H,4-5,9H2,1-3H3,(H2,14,17). The van der Waals surface area contributed by atoms with Crippen LogP contribution in [0.2, 0.25) is 0 Å². The van der Waals surface area contributed by atoms with Crippen LogP contribution in [0.15, 0.2) is 18.3 Å². The quantitative estimate of drug-likeness (QED) is 0.789. The van der Waals surface area contributed by atoms with Gasteiger partial charge in [0.1, 0.15) is 10.8 Å². The lowest BCUT2D eigenvalue weighted by atomic mass is 10.1. The summed E-state index contributed by atoms with van der Waals surface area (Å²) in [7, 11) is 0. The second kappa shape index (κ2) is 6.55. The topological polar surface area (TPSA) is 42.2 Å². The van der Waals surface area contributed by atoms with Gasteiger partial charge in [-0.05, 0) is 25.0 Å². The summed E-state index contributed by atoms with van der Waals surface area (Å²) in [5.74, 6) is 1.54. The molecule has 0 amide bonds. The van der Waals surface area contributed by atoms with Crippen molar-refractivity contribution < 1.29 is 0 Å². The number of nitrogens with zero attached hydrogens (tertiary/aromatic N) is 2. The highest BCUT2D eigenvalue weighted by atomic mass is 32.1. The number of rotatable bonds is 6. The molecule has 0 saturated heterocycles. The summed E-state index contributed by atoms with van der Waals surface area (Å²) in [6, 6.07) is 3.80. The summed E-state index contributed by atoms with van der Waals surface area (Å²) >= 11 is 5.07. The summed E-state index contributed by atoms with van der Waals surface area (Å²) in [6.07, 6.45) is 2.95. The summed E-state index contributed by atoms with van der Waals surface area (Å²) in [4.78, 5) is 7.07. The molecule has 1 aromatic rings. The molecule has 0 saturated carbocycles. The van der Waals surface area contributed by atoms with Crippen molar-refractivity contribution in [3.05, 3.63) is 23.9 Å². The molecular weight excluding hydrogens is 230 g/mol. The molecule has 3 nitrogen and oxygen atoms in total. The van der Waals surface area contributed by atoms with E-state index in [9.17, 15) is 0 Å². The number of pyridine rings is 1. The molecule has 1 aromatic heterocycles. The molecule has 0 aromatic carbocycles. The van der Waals surface area contributed by atoms with Crippen molar-refractivity contribution >= 4 is 23.0 Å². The lowest BCUT2D eigenvalue weighted by Crippen LogP contribution is -2.31. The molecule has 0 spiro atoms. The van der Waals surface area contributed by atoms with Gasteiger partial charge in [0.15, 0.2) is 0 Å². The van der Waals surface area contributed by atoms with Crippen LogP contribution < -0.4 is 10.6 Å². The Balaban J connectivity index is 2.99. The Kier molecular flexibility index (Phi) is 5.35. The second-order valence-electron chi connectivity index (χ2n) is 4.29. The molecule has 1 atom stereocenters. The van der Waals surface area contributed by atoms with Crippen molar-refractivity contribution in [2.24, 2.45) is 11.7 Å². The molecule has 17 heavy (non-hydrogen) atoms. The predicted octanol–water partition coefficient (Wildman–Crippen LogP) is 2.59. The Morgan fingerprint density at radius 3 is 2.76 bits per heavy atom. The molecule has 0 aliphatic rings. The number of anilines is 1. The van der Waals surface area contributed by atoms with Gasteiger partial charge < -0.3 is 10.6 Å². The average molecular weight is 251 g/mol. The minimum Gasteiger partial charge on any atom is -0.389 e. The van der Waals surface area contributed by atoms with E-state index in [0.717, 1.165) is 30.9 Å². The minimum atomic E-state index is 0.413. The Labute approximate surface area is 109 Å². The molecule has 1 heterocycles. The number of hydrogen-bond acceptors (Lipinski definition) is 3. The van der Waals surface area contributed by atoms with Gasteiger partial charge in [0.2, 0.25) is 0 Å². The molecule has 0 aliphatic heterocycles. The molecule has 0 aliphatic carbocycles. The van der Waals surface area contributed by atoms with Gasteiger partial charge in [-0.1, -0.05) is 32.5 Å². The molecule has 2 N–H and O–H groups in total. The van der Waals surface area contributed by atoms with E-state index in [0.29, 0.717) is 10.9 Å². The van der Waals surface area contributed by atoms with Crippen LogP contribution >= 0.6 is 12.2 Å². The van der Waals surface area contributed by atoms with Crippen molar-refractivity contribution in [3.8, 4) is 0 Å². The van der Waals surface area contributed by atoms with Crippen molar-refractivity contribution in [3.63, 3.8) is 0 Å². The molecule has 94 valence electrons. The Bertz CT molecular complexity index is 379. The minimum absolute atomic E-state index is 0.413. The lowest BCUT2D eigenvalue weighted by Gasteiger charge is -2.26. The van der Waals surface area contributed by atoms with Crippen molar-refractivity contribution in [1.29, 1.82) is 0 Å². The zero-order valence-electron chi connectivity index (χ0n) is 10.8. The van der Waals surface area contributed by atoms with Gasteiger partial charge in [-0.15, -0.1) is 0 Å². The normalized spacial score (nSPS) is 12.2. The molecule has 1 rings (SSSR count). The summed E-state index contributed by atoms with van der Waals surface area (Å²) in [6.45, 7) is 8.47. The van der Waals surface area contributed by atoms with Crippen LogP contribution in [0.3, 0.4) is 0 Å². The molecule has 4 heteroatoms. The highest BCUT2D eigenvalue weighted by molar-refractivity contribution is 7.80. The molecule has 0 bridgehead atoms. The fourth-order valence-electron chi connectivity index (χ4n) is 1.71. The first-order chi connectivity index (χ1) is 8.10. The zero-order valence-corrected chi connectivity index (χ0v) is 11.6. The van der Waals surface area contributed by atoms with Gasteiger partial charge in [-0.2, -0.15) is 0 Å². The van der Waals surface area contributed by atoms with E-state index >= 15 is 0 Å². The van der Waals surface area contributed by atoms with E-state index in [-0.39, 0.29) is 0 Å². The van der Waals surface area contributed by atoms with Crippen LogP contribution in [0, 0.1) is 5.92 Å². The van der Waals surface area contributed by atoms with E-state index in [1.807, 2.05) is 12.1 Å². The SMILES string of the molecule is CCC(C)CN(CC)c1ncccc1C(N)=S. The Morgan fingerprint density at radius 2 is 2.24 bits per heavy atom. The lowest BCUT2D eigenvalue weighted by molar-refractivity contribution is 0.545. The first kappa shape index (κ1) is 13.9. The van der Waals surface area contributed by atoms with Gasteiger partial charge in [0.25, 0.3) is 0 Å². The Morgan fingerprint density at radius 1 is 1.53 bits per heavy atom. The number of thiocarbonyl (C=S) groups is 1. The number of nitrogens with two attached hydrogens (primary N) is 1. The summed E-state index contributed by atoms with van der Waals surface area (Å²) < 4.78 is 0. The maximum absolute atomic E-state index is 5.74. The average Bonchev–Trinajstić information content (AvgIpc) is 2.35. The van der Waals surface area contributed by atoms with E-state index in [1.54, 1.807) is 6.20 Å². The molecule has 0 fully saturated rings. The smallest absolute Gasteiger partial charge is 0.138 e. The van der Waals surface area contributed by atoms with Gasteiger partial charge in [-0.25, -0.2) is 4.98 Å². The van der Waals surface area contributed by atoms with Crippen molar-refractivity contribution in [2.75, 3.05) is 18.0 Å². The second-order valence-corrected chi connectivity index (χ2v) is 4.73. The first-order valence-electron chi connectivity index (χ1n) is 6.09. The van der Waals surface area contributed by atoms with Crippen LogP contribution in [0.1, 0.15) is 32.8 Å². The van der Waals surface area contributed by atoms with Crippen molar-refractivity contribution in [2.45, 2.75) is 27.2 Å². The van der Waals surface area contributed by atoms with Crippen LogP contribution in [0.5, 0.6) is 0 Å². The van der Waals surface area contributed by atoms with Crippen LogP contribution in [-0.2, 0) is 0 Å². The monoisotopic (exact) mass is 251 g/mol. The van der Waals surface area contributed by atoms with Crippen LogP contribution in [-0.4, -0.2) is 23.1 Å². The van der Waals surface area contributed by atoms with E-state index in [4.69, 9.17) is 18.0 Å². The van der Waals surface area contributed by atoms with Gasteiger partial charge >= 0.3 is 0 Å². The third-order valence-corrected chi connectivity index (χ3v) is 3.18. The highest BCUT2D eigenvalue weighted by Gasteiger charge is 2.14. The summed E-state index contributed by atoms with van der Waals surface area (Å²) in [5.41, 5.74) is 6.60. The maximum atomic E-state index is 5.74. The third-order valence-electron chi connectivity index (χ3n) is 2.96. The number of aromatic nitrogens is 1. The molecule has 0 radical (unpaired) electrons.